The first kappa shape index (κ1) is 16.1. The van der Waals surface area contributed by atoms with E-state index in [1.54, 1.807) is 31.5 Å². The average molecular weight is 338 g/mol. The number of carbonyl (C=O) groups is 1. The highest BCUT2D eigenvalue weighted by Crippen LogP contribution is 2.13. The summed E-state index contributed by atoms with van der Waals surface area (Å²) in [5.74, 6) is -0.758. The van der Waals surface area contributed by atoms with Crippen molar-refractivity contribution >= 4 is 33.1 Å². The first-order valence-electron chi connectivity index (χ1n) is 6.15. The highest BCUT2D eigenvalue weighted by Gasteiger charge is 2.18. The Hall–Kier alpha value is -2.25. The van der Waals surface area contributed by atoms with Gasteiger partial charge in [0.25, 0.3) is 15.9 Å². The van der Waals surface area contributed by atoms with E-state index in [9.17, 15) is 13.2 Å². The van der Waals surface area contributed by atoms with Gasteiger partial charge in [0.1, 0.15) is 0 Å². The van der Waals surface area contributed by atoms with Crippen molar-refractivity contribution in [3.05, 3.63) is 59.5 Å². The molecule has 2 rings (SSSR count). The van der Waals surface area contributed by atoms with Crippen molar-refractivity contribution in [3.8, 4) is 0 Å². The van der Waals surface area contributed by atoms with Crippen LogP contribution in [0.25, 0.3) is 5.57 Å². The molecule has 2 aromatic heterocycles. The summed E-state index contributed by atoms with van der Waals surface area (Å²) in [4.78, 5) is 19.4. The van der Waals surface area contributed by atoms with E-state index < -0.39 is 15.9 Å². The standard InChI is InChI=1S/C14H12ClN3O3S/c1-10(11-4-6-16-7-5-11)8-13(19)18-22(20,21)14-3-2-12(15)9-17-14/h2-9H,1H3,(H,18,19)/b10-8+. The largest absolute Gasteiger partial charge is 0.281 e. The Morgan fingerprint density at radius 3 is 2.50 bits per heavy atom. The van der Waals surface area contributed by atoms with Gasteiger partial charge in [-0.3, -0.25) is 9.78 Å². The molecule has 0 unspecified atom stereocenters. The molecule has 0 saturated carbocycles. The third kappa shape index (κ3) is 4.12. The van der Waals surface area contributed by atoms with Crippen LogP contribution in [0.1, 0.15) is 12.5 Å². The first-order valence-corrected chi connectivity index (χ1v) is 8.01. The molecule has 1 amide bonds. The second kappa shape index (κ2) is 6.67. The molecule has 0 aromatic carbocycles. The van der Waals surface area contributed by atoms with Crippen molar-refractivity contribution in [2.75, 3.05) is 0 Å². The summed E-state index contributed by atoms with van der Waals surface area (Å²) in [5, 5.41) is 0.0268. The lowest BCUT2D eigenvalue weighted by Crippen LogP contribution is -2.29. The zero-order chi connectivity index (χ0) is 16.2. The van der Waals surface area contributed by atoms with Crippen LogP contribution in [0.5, 0.6) is 0 Å². The lowest BCUT2D eigenvalue weighted by atomic mass is 10.1. The van der Waals surface area contributed by atoms with Crippen molar-refractivity contribution in [3.63, 3.8) is 0 Å². The highest BCUT2D eigenvalue weighted by atomic mass is 35.5. The summed E-state index contributed by atoms with van der Waals surface area (Å²) in [6.07, 6.45) is 5.55. The Balaban J connectivity index is 2.16. The molecule has 0 aliphatic rings. The van der Waals surface area contributed by atoms with E-state index in [4.69, 9.17) is 11.6 Å². The fourth-order valence-corrected chi connectivity index (χ4v) is 2.61. The molecule has 0 aliphatic heterocycles. The van der Waals surface area contributed by atoms with Gasteiger partial charge in [0, 0.05) is 24.7 Å². The van der Waals surface area contributed by atoms with Gasteiger partial charge in [-0.25, -0.2) is 9.71 Å². The molecule has 0 aliphatic carbocycles. The summed E-state index contributed by atoms with van der Waals surface area (Å²) >= 11 is 5.64. The molecule has 0 radical (unpaired) electrons. The zero-order valence-corrected chi connectivity index (χ0v) is 13.1. The monoisotopic (exact) mass is 337 g/mol. The van der Waals surface area contributed by atoms with Crippen molar-refractivity contribution in [2.24, 2.45) is 0 Å². The summed E-state index contributed by atoms with van der Waals surface area (Å²) in [6.45, 7) is 1.70. The van der Waals surface area contributed by atoms with Gasteiger partial charge in [-0.2, -0.15) is 8.42 Å². The van der Waals surface area contributed by atoms with E-state index >= 15 is 0 Å². The van der Waals surface area contributed by atoms with E-state index in [2.05, 4.69) is 9.97 Å². The third-order valence-corrected chi connectivity index (χ3v) is 4.18. The molecule has 114 valence electrons. The molecule has 0 bridgehead atoms. The molecular weight excluding hydrogens is 326 g/mol. The Morgan fingerprint density at radius 1 is 1.23 bits per heavy atom. The number of sulfonamides is 1. The molecular formula is C14H12ClN3O3S. The fraction of sp³-hybridized carbons (Fsp3) is 0.0714. The Bertz CT molecular complexity index is 803. The van der Waals surface area contributed by atoms with Crippen LogP contribution in [0.15, 0.2) is 54.0 Å². The maximum Gasteiger partial charge on any atom is 0.281 e. The van der Waals surface area contributed by atoms with Gasteiger partial charge in [0.05, 0.1) is 5.02 Å². The predicted molar refractivity (Wildman–Crippen MR) is 82.5 cm³/mol. The maximum absolute atomic E-state index is 12.0. The van der Waals surface area contributed by atoms with Gasteiger partial charge in [0.2, 0.25) is 0 Å². The van der Waals surface area contributed by atoms with Crippen LogP contribution in [0.4, 0.5) is 0 Å². The maximum atomic E-state index is 12.0. The topological polar surface area (TPSA) is 89.0 Å². The van der Waals surface area contributed by atoms with E-state index in [0.29, 0.717) is 10.6 Å². The Kier molecular flexibility index (Phi) is 4.89. The van der Waals surface area contributed by atoms with Gasteiger partial charge in [-0.1, -0.05) is 11.6 Å². The van der Waals surface area contributed by atoms with Gasteiger partial charge in [-0.05, 0) is 42.3 Å². The molecule has 0 saturated heterocycles. The number of aromatic nitrogens is 2. The molecule has 1 N–H and O–H groups in total. The number of nitrogens with zero attached hydrogens (tertiary/aromatic N) is 2. The minimum absolute atomic E-state index is 0.278. The first-order chi connectivity index (χ1) is 10.4. The van der Waals surface area contributed by atoms with Crippen molar-refractivity contribution in [2.45, 2.75) is 11.9 Å². The number of halogens is 1. The molecule has 2 aromatic rings. The molecule has 0 spiro atoms. The summed E-state index contributed by atoms with van der Waals surface area (Å²) in [6, 6.07) is 6.03. The average Bonchev–Trinajstić information content (AvgIpc) is 2.48. The Labute approximate surface area is 132 Å². The van der Waals surface area contributed by atoms with E-state index in [-0.39, 0.29) is 5.03 Å². The number of pyridine rings is 2. The molecule has 0 atom stereocenters. The van der Waals surface area contributed by atoms with Crippen molar-refractivity contribution < 1.29 is 13.2 Å². The number of hydrogen-bond acceptors (Lipinski definition) is 5. The van der Waals surface area contributed by atoms with Crippen LogP contribution >= 0.6 is 11.6 Å². The second-order valence-electron chi connectivity index (χ2n) is 4.35. The van der Waals surface area contributed by atoms with Crippen LogP contribution in [0, 0.1) is 0 Å². The molecule has 6 nitrogen and oxygen atoms in total. The van der Waals surface area contributed by atoms with Crippen LogP contribution in [0.3, 0.4) is 0 Å². The lowest BCUT2D eigenvalue weighted by molar-refractivity contribution is -0.114. The van der Waals surface area contributed by atoms with Gasteiger partial charge in [0.15, 0.2) is 5.03 Å². The third-order valence-electron chi connectivity index (χ3n) is 2.69. The summed E-state index contributed by atoms with van der Waals surface area (Å²) < 4.78 is 25.9. The van der Waals surface area contributed by atoms with Crippen LogP contribution in [0.2, 0.25) is 5.02 Å². The van der Waals surface area contributed by atoms with Crippen molar-refractivity contribution in [1.29, 1.82) is 0 Å². The van der Waals surface area contributed by atoms with Crippen LogP contribution < -0.4 is 4.72 Å². The normalized spacial score (nSPS) is 12.0. The number of allylic oxidation sites excluding steroid dienone is 1. The number of carbonyl (C=O) groups excluding carboxylic acids is 1. The lowest BCUT2D eigenvalue weighted by Gasteiger charge is -2.05. The number of hydrogen-bond donors (Lipinski definition) is 1. The van der Waals surface area contributed by atoms with Gasteiger partial charge in [-0.15, -0.1) is 0 Å². The van der Waals surface area contributed by atoms with Gasteiger partial charge < -0.3 is 0 Å². The minimum Gasteiger partial charge on any atom is -0.269 e. The summed E-state index contributed by atoms with van der Waals surface area (Å²) in [7, 11) is -4.03. The fourth-order valence-electron chi connectivity index (χ4n) is 1.63. The van der Waals surface area contributed by atoms with Crippen molar-refractivity contribution in [1.82, 2.24) is 14.7 Å². The molecule has 2 heterocycles. The smallest absolute Gasteiger partial charge is 0.269 e. The van der Waals surface area contributed by atoms with E-state index in [1.165, 1.54) is 24.4 Å². The second-order valence-corrected chi connectivity index (χ2v) is 6.41. The number of rotatable bonds is 4. The van der Waals surface area contributed by atoms with E-state index in [1.807, 2.05) is 4.72 Å². The molecule has 0 fully saturated rings. The quantitative estimate of drug-likeness (QED) is 0.862. The number of nitrogens with one attached hydrogen (secondary N) is 1. The van der Waals surface area contributed by atoms with Crippen LogP contribution in [-0.2, 0) is 14.8 Å². The Morgan fingerprint density at radius 2 is 1.91 bits per heavy atom. The number of amides is 1. The highest BCUT2D eigenvalue weighted by molar-refractivity contribution is 7.90. The predicted octanol–water partition coefficient (Wildman–Crippen LogP) is 2.04. The summed E-state index contributed by atoms with van der Waals surface area (Å²) in [5.41, 5.74) is 1.38. The van der Waals surface area contributed by atoms with Gasteiger partial charge >= 0.3 is 0 Å². The van der Waals surface area contributed by atoms with E-state index in [0.717, 1.165) is 5.56 Å². The minimum atomic E-state index is -4.03. The van der Waals surface area contributed by atoms with Crippen LogP contribution in [-0.4, -0.2) is 24.3 Å². The zero-order valence-electron chi connectivity index (χ0n) is 11.5. The molecule has 22 heavy (non-hydrogen) atoms. The molecule has 8 heteroatoms. The SMILES string of the molecule is C/C(=C\C(=O)NS(=O)(=O)c1ccc(Cl)cn1)c1ccncc1.